The Kier molecular flexibility index (Phi) is 6.67. The highest BCUT2D eigenvalue weighted by atomic mass is 32.2. The average Bonchev–Trinajstić information content (AvgIpc) is 3.35. The van der Waals surface area contributed by atoms with Gasteiger partial charge in [-0.3, -0.25) is 4.79 Å². The molecule has 0 bridgehead atoms. The van der Waals surface area contributed by atoms with Gasteiger partial charge < -0.3 is 8.98 Å². The van der Waals surface area contributed by atoms with Crippen LogP contribution in [-0.4, -0.2) is 26.3 Å². The Hall–Kier alpha value is -3.12. The highest BCUT2D eigenvalue weighted by Crippen LogP contribution is 2.22. The van der Waals surface area contributed by atoms with E-state index in [-0.39, 0.29) is 11.5 Å². The molecule has 0 saturated heterocycles. The molecule has 0 spiro atoms. The maximum absolute atomic E-state index is 12.9. The van der Waals surface area contributed by atoms with Crippen LogP contribution in [0.1, 0.15) is 38.8 Å². The van der Waals surface area contributed by atoms with Crippen LogP contribution in [0.2, 0.25) is 0 Å². The zero-order valence-corrected chi connectivity index (χ0v) is 18.6. The lowest BCUT2D eigenvalue weighted by Crippen LogP contribution is -2.08. The highest BCUT2D eigenvalue weighted by molar-refractivity contribution is 7.99. The third-order valence-electron chi connectivity index (χ3n) is 5.31. The predicted molar refractivity (Wildman–Crippen MR) is 123 cm³/mol. The number of ketones is 1. The van der Waals surface area contributed by atoms with Crippen molar-refractivity contribution in [2.45, 2.75) is 38.5 Å². The molecule has 0 aliphatic heterocycles. The third kappa shape index (κ3) is 5.33. The number of carbonyl (C=O) groups excluding carboxylic acids is 1. The van der Waals surface area contributed by atoms with E-state index in [0.29, 0.717) is 17.5 Å². The third-order valence-corrected chi connectivity index (χ3v) is 6.13. The Balaban J connectivity index is 1.36. The van der Waals surface area contributed by atoms with Gasteiger partial charge in [0.2, 0.25) is 5.89 Å². The molecule has 4 rings (SSSR count). The number of hydrogen-bond acceptors (Lipinski definition) is 5. The Morgan fingerprint density at radius 2 is 1.65 bits per heavy atom. The van der Waals surface area contributed by atoms with Crippen molar-refractivity contribution in [2.24, 2.45) is 0 Å². The molecule has 4 aromatic rings. The number of benzene rings is 2. The number of hydrogen-bond donors (Lipinski definition) is 0. The summed E-state index contributed by atoms with van der Waals surface area (Å²) in [6.07, 6.45) is 1.52. The van der Waals surface area contributed by atoms with Crippen LogP contribution in [0, 0.1) is 13.8 Å². The van der Waals surface area contributed by atoms with Gasteiger partial charge in [0.25, 0.3) is 5.22 Å². The fourth-order valence-corrected chi connectivity index (χ4v) is 4.32. The van der Waals surface area contributed by atoms with Gasteiger partial charge in [0.15, 0.2) is 5.78 Å². The van der Waals surface area contributed by atoms with Gasteiger partial charge in [-0.05, 0) is 37.5 Å². The lowest BCUT2D eigenvalue weighted by molar-refractivity contribution is 0.102. The predicted octanol–water partition coefficient (Wildman–Crippen LogP) is 5.30. The second-order valence-corrected chi connectivity index (χ2v) is 8.43. The van der Waals surface area contributed by atoms with Gasteiger partial charge in [-0.15, -0.1) is 10.2 Å². The second kappa shape index (κ2) is 9.79. The lowest BCUT2D eigenvalue weighted by atomic mass is 10.1. The Labute approximate surface area is 186 Å². The molecule has 0 aliphatic carbocycles. The van der Waals surface area contributed by atoms with Gasteiger partial charge in [-0.25, -0.2) is 0 Å². The molecule has 2 heterocycles. The van der Waals surface area contributed by atoms with Gasteiger partial charge in [0.1, 0.15) is 0 Å². The average molecular weight is 432 g/mol. The van der Waals surface area contributed by atoms with Gasteiger partial charge >= 0.3 is 0 Å². The molecule has 5 nitrogen and oxygen atoms in total. The van der Waals surface area contributed by atoms with Crippen LogP contribution < -0.4 is 0 Å². The smallest absolute Gasteiger partial charge is 0.277 e. The first-order valence-corrected chi connectivity index (χ1v) is 11.3. The van der Waals surface area contributed by atoms with Crippen molar-refractivity contribution in [1.82, 2.24) is 14.8 Å². The summed E-state index contributed by atoms with van der Waals surface area (Å²) in [4.78, 5) is 12.9. The summed E-state index contributed by atoms with van der Waals surface area (Å²) >= 11 is 1.29. The van der Waals surface area contributed by atoms with E-state index in [0.717, 1.165) is 35.5 Å². The number of Topliss-reactive ketones (excluding diaryl/α,β-unsaturated/α-hetero) is 1. The minimum Gasteiger partial charge on any atom is -0.416 e. The monoisotopic (exact) mass is 431 g/mol. The normalized spacial score (nSPS) is 11.0. The van der Waals surface area contributed by atoms with E-state index in [1.165, 1.54) is 17.3 Å². The molecule has 31 heavy (non-hydrogen) atoms. The molecule has 0 aliphatic rings. The topological polar surface area (TPSA) is 60.9 Å². The van der Waals surface area contributed by atoms with Crippen LogP contribution in [0.4, 0.5) is 0 Å². The highest BCUT2D eigenvalue weighted by Gasteiger charge is 2.17. The molecule has 0 saturated carbocycles. The summed E-state index contributed by atoms with van der Waals surface area (Å²) < 4.78 is 7.92. The first-order valence-electron chi connectivity index (χ1n) is 10.3. The van der Waals surface area contributed by atoms with Crippen molar-refractivity contribution < 1.29 is 9.21 Å². The number of thioether (sulfide) groups is 1. The molecule has 2 aromatic heterocycles. The van der Waals surface area contributed by atoms with Crippen LogP contribution >= 0.6 is 11.8 Å². The van der Waals surface area contributed by atoms with Gasteiger partial charge in [0.05, 0.1) is 12.2 Å². The number of nitrogens with zero attached hydrogens (tertiary/aromatic N) is 3. The zero-order chi connectivity index (χ0) is 21.6. The van der Waals surface area contributed by atoms with Crippen LogP contribution in [0.15, 0.2) is 76.4 Å². The Morgan fingerprint density at radius 1 is 0.968 bits per heavy atom. The van der Waals surface area contributed by atoms with E-state index in [4.69, 9.17) is 4.42 Å². The van der Waals surface area contributed by atoms with Crippen LogP contribution in [0.25, 0.3) is 0 Å². The largest absolute Gasteiger partial charge is 0.416 e. The minimum absolute atomic E-state index is 0.0758. The van der Waals surface area contributed by atoms with E-state index in [9.17, 15) is 4.79 Å². The quantitative estimate of drug-likeness (QED) is 0.266. The minimum atomic E-state index is 0.0758. The number of carbonyl (C=O) groups is 1. The van der Waals surface area contributed by atoms with E-state index in [2.05, 4.69) is 46.0 Å². The molecule has 0 fully saturated rings. The number of aryl methyl sites for hydroxylation is 2. The second-order valence-electron chi connectivity index (χ2n) is 7.51. The van der Waals surface area contributed by atoms with E-state index in [1.807, 2.05) is 49.4 Å². The maximum atomic E-state index is 12.9. The number of rotatable bonds is 9. The van der Waals surface area contributed by atoms with E-state index in [1.54, 1.807) is 0 Å². The van der Waals surface area contributed by atoms with Crippen molar-refractivity contribution in [3.05, 3.63) is 101 Å². The van der Waals surface area contributed by atoms with Crippen LogP contribution in [0.5, 0.6) is 0 Å². The molecular weight excluding hydrogens is 406 g/mol. The summed E-state index contributed by atoms with van der Waals surface area (Å²) in [5, 5.41) is 8.60. The summed E-state index contributed by atoms with van der Waals surface area (Å²) in [5.74, 6) is 0.905. The van der Waals surface area contributed by atoms with Gasteiger partial charge in [-0.2, -0.15) is 0 Å². The molecule has 0 amide bonds. The lowest BCUT2D eigenvalue weighted by Gasteiger charge is -2.10. The first kappa shape index (κ1) is 21.1. The molecule has 158 valence electrons. The van der Waals surface area contributed by atoms with E-state index < -0.39 is 0 Å². The van der Waals surface area contributed by atoms with Crippen molar-refractivity contribution >= 4 is 17.5 Å². The molecule has 0 N–H and O–H groups in total. The number of aromatic nitrogens is 3. The summed E-state index contributed by atoms with van der Waals surface area (Å²) in [7, 11) is 0. The zero-order valence-electron chi connectivity index (χ0n) is 17.7. The Morgan fingerprint density at radius 3 is 2.35 bits per heavy atom. The molecule has 0 radical (unpaired) electrons. The summed E-state index contributed by atoms with van der Waals surface area (Å²) in [6, 6.07) is 22.4. The maximum Gasteiger partial charge on any atom is 0.277 e. The van der Waals surface area contributed by atoms with Gasteiger partial charge in [0, 0.05) is 23.5 Å². The summed E-state index contributed by atoms with van der Waals surface area (Å²) in [5.41, 5.74) is 5.28. The molecular formula is C25H25N3O2S. The van der Waals surface area contributed by atoms with Crippen molar-refractivity contribution in [3.63, 3.8) is 0 Å². The fraction of sp³-hybridized carbons (Fsp3) is 0.240. The van der Waals surface area contributed by atoms with E-state index >= 15 is 0 Å². The standard InChI is InChI=1S/C25H25N3O2S/c1-18-15-22(19(2)28(18)14-13-20-9-5-3-6-10-20)23(29)17-31-25-27-26-24(30-25)16-21-11-7-4-8-12-21/h3-12,15H,13-14,16-17H2,1-2H3. The molecule has 2 aromatic carbocycles. The molecule has 0 atom stereocenters. The van der Waals surface area contributed by atoms with Crippen molar-refractivity contribution in [3.8, 4) is 0 Å². The van der Waals surface area contributed by atoms with Crippen molar-refractivity contribution in [1.29, 1.82) is 0 Å². The van der Waals surface area contributed by atoms with Crippen LogP contribution in [-0.2, 0) is 19.4 Å². The summed E-state index contributed by atoms with van der Waals surface area (Å²) in [6.45, 7) is 4.92. The fourth-order valence-electron chi connectivity index (χ4n) is 3.66. The van der Waals surface area contributed by atoms with Gasteiger partial charge in [-0.1, -0.05) is 72.4 Å². The van der Waals surface area contributed by atoms with Crippen LogP contribution in [0.3, 0.4) is 0 Å². The first-order chi connectivity index (χ1) is 15.1. The molecule has 0 unspecified atom stereocenters. The molecule has 6 heteroatoms. The Bertz CT molecular complexity index is 1150. The SMILES string of the molecule is Cc1cc(C(=O)CSc2nnc(Cc3ccccc3)o2)c(C)n1CCc1ccccc1. The van der Waals surface area contributed by atoms with Crippen molar-refractivity contribution in [2.75, 3.05) is 5.75 Å².